The molecule has 0 N–H and O–H groups in total. The van der Waals surface area contributed by atoms with Gasteiger partial charge in [-0.2, -0.15) is 21.6 Å². The van der Waals surface area contributed by atoms with Gasteiger partial charge in [0.05, 0.1) is 0 Å². The summed E-state index contributed by atoms with van der Waals surface area (Å²) in [6.07, 6.45) is -0.285. The largest absolute Gasteiger partial charge is 0.523 e. The number of alkyl halides is 3. The summed E-state index contributed by atoms with van der Waals surface area (Å²) in [7, 11) is -5.58. The third-order valence-electron chi connectivity index (χ3n) is 3.59. The van der Waals surface area contributed by atoms with Gasteiger partial charge in [0.25, 0.3) is 0 Å². The maximum Gasteiger partial charge on any atom is 0.523 e. The highest BCUT2D eigenvalue weighted by molar-refractivity contribution is 7.87. The van der Waals surface area contributed by atoms with E-state index in [1.54, 1.807) is 24.3 Å². The first-order valence-electron chi connectivity index (χ1n) is 6.13. The Kier molecular flexibility index (Phi) is 3.62. The van der Waals surface area contributed by atoms with E-state index < -0.39 is 21.7 Å². The fraction of sp³-hybridized carbons (Fsp3) is 0.538. The smallest absolute Gasteiger partial charge is 0.255 e. The highest BCUT2D eigenvalue weighted by Gasteiger charge is 2.49. The van der Waals surface area contributed by atoms with Crippen LogP contribution < -0.4 is 0 Å². The van der Waals surface area contributed by atoms with Gasteiger partial charge in [-0.15, -0.1) is 0 Å². The molecule has 2 rings (SSSR count). The Hall–Kier alpha value is -1.08. The molecule has 0 aliphatic heterocycles. The molecule has 1 atom stereocenters. The Labute approximate surface area is 115 Å². The molecule has 3 nitrogen and oxygen atoms in total. The lowest BCUT2D eigenvalue weighted by Crippen LogP contribution is -2.32. The van der Waals surface area contributed by atoms with Crippen LogP contribution in [0.15, 0.2) is 24.3 Å². The predicted molar refractivity (Wildman–Crippen MR) is 67.5 cm³/mol. The van der Waals surface area contributed by atoms with Gasteiger partial charge in [0, 0.05) is 0 Å². The summed E-state index contributed by atoms with van der Waals surface area (Å²) in [4.78, 5) is 0. The van der Waals surface area contributed by atoms with Crippen molar-refractivity contribution in [2.24, 2.45) is 0 Å². The van der Waals surface area contributed by atoms with Gasteiger partial charge in [-0.3, -0.25) is 4.18 Å². The molecule has 1 aliphatic rings. The molecule has 0 saturated heterocycles. The molecule has 0 amide bonds. The minimum absolute atomic E-state index is 0.210. The molecule has 112 valence electrons. The van der Waals surface area contributed by atoms with E-state index in [1.165, 1.54) is 0 Å². The van der Waals surface area contributed by atoms with Gasteiger partial charge in [-0.1, -0.05) is 38.1 Å². The minimum atomic E-state index is -5.58. The number of rotatable bonds is 2. The molecule has 0 spiro atoms. The average molecular weight is 308 g/mol. The summed E-state index contributed by atoms with van der Waals surface area (Å²) < 4.78 is 63.9. The van der Waals surface area contributed by atoms with Crippen LogP contribution in [0.4, 0.5) is 13.2 Å². The lowest BCUT2D eigenvalue weighted by Gasteiger charge is -2.36. The molecule has 0 bridgehead atoms. The van der Waals surface area contributed by atoms with Crippen molar-refractivity contribution in [3.8, 4) is 0 Å². The molecule has 1 aromatic carbocycles. The Bertz CT molecular complexity index is 606. The summed E-state index contributed by atoms with van der Waals surface area (Å²) in [6.45, 7) is 3.95. The van der Waals surface area contributed by atoms with E-state index >= 15 is 0 Å². The van der Waals surface area contributed by atoms with Crippen molar-refractivity contribution in [1.82, 2.24) is 0 Å². The van der Waals surface area contributed by atoms with Crippen molar-refractivity contribution in [1.29, 1.82) is 0 Å². The number of fused-ring (bicyclic) bond motifs is 1. The van der Waals surface area contributed by atoms with E-state index in [1.807, 2.05) is 13.8 Å². The Morgan fingerprint density at radius 3 is 2.45 bits per heavy atom. The average Bonchev–Trinajstić information content (AvgIpc) is 2.32. The molecule has 0 radical (unpaired) electrons. The van der Waals surface area contributed by atoms with Crippen LogP contribution in [-0.4, -0.2) is 13.9 Å². The third kappa shape index (κ3) is 2.69. The van der Waals surface area contributed by atoms with E-state index in [2.05, 4.69) is 4.18 Å². The second kappa shape index (κ2) is 4.73. The van der Waals surface area contributed by atoms with Crippen LogP contribution in [0.1, 0.15) is 43.9 Å². The van der Waals surface area contributed by atoms with Gasteiger partial charge in [-0.25, -0.2) is 0 Å². The topological polar surface area (TPSA) is 43.4 Å². The van der Waals surface area contributed by atoms with Crippen LogP contribution >= 0.6 is 0 Å². The zero-order valence-electron chi connectivity index (χ0n) is 11.1. The molecule has 0 heterocycles. The van der Waals surface area contributed by atoms with Crippen LogP contribution in [-0.2, 0) is 19.7 Å². The number of hydrogen-bond donors (Lipinski definition) is 0. The van der Waals surface area contributed by atoms with Crippen molar-refractivity contribution in [3.63, 3.8) is 0 Å². The number of halogens is 3. The molecule has 20 heavy (non-hydrogen) atoms. The fourth-order valence-corrected chi connectivity index (χ4v) is 3.10. The van der Waals surface area contributed by atoms with Crippen molar-refractivity contribution in [3.05, 3.63) is 35.4 Å². The van der Waals surface area contributed by atoms with Gasteiger partial charge in [0.2, 0.25) is 0 Å². The first-order chi connectivity index (χ1) is 9.05. The van der Waals surface area contributed by atoms with Gasteiger partial charge in [-0.05, 0) is 29.4 Å². The zero-order valence-corrected chi connectivity index (χ0v) is 11.9. The van der Waals surface area contributed by atoms with Gasteiger partial charge >= 0.3 is 15.6 Å². The van der Waals surface area contributed by atoms with Crippen LogP contribution in [0.3, 0.4) is 0 Å². The highest BCUT2D eigenvalue weighted by atomic mass is 32.2. The summed E-state index contributed by atoms with van der Waals surface area (Å²) >= 11 is 0. The van der Waals surface area contributed by atoms with Crippen molar-refractivity contribution >= 4 is 10.1 Å². The van der Waals surface area contributed by atoms with E-state index in [0.29, 0.717) is 12.0 Å². The molecule has 0 aromatic heterocycles. The third-order valence-corrected chi connectivity index (χ3v) is 4.65. The van der Waals surface area contributed by atoms with Gasteiger partial charge < -0.3 is 0 Å². The molecule has 7 heteroatoms. The number of benzene rings is 1. The van der Waals surface area contributed by atoms with Gasteiger partial charge in [0.15, 0.2) is 0 Å². The minimum Gasteiger partial charge on any atom is -0.255 e. The quantitative estimate of drug-likeness (QED) is 0.618. The molecule has 0 saturated carbocycles. The van der Waals surface area contributed by atoms with Crippen LogP contribution in [0, 0.1) is 0 Å². The molecule has 1 aromatic rings. The second-order valence-corrected chi connectivity index (χ2v) is 7.06. The first kappa shape index (κ1) is 15.3. The predicted octanol–water partition coefficient (Wildman–Crippen LogP) is 3.67. The standard InChI is InChI=1S/C13H15F3O3S/c1-12(2)8-7-11(9-5-3-4-6-10(9)12)19-20(17,18)13(14,15)16/h3-6,11H,7-8H2,1-2H3. The highest BCUT2D eigenvalue weighted by Crippen LogP contribution is 2.44. The van der Waals surface area contributed by atoms with E-state index in [0.717, 1.165) is 5.56 Å². The Balaban J connectivity index is 2.38. The van der Waals surface area contributed by atoms with Crippen LogP contribution in [0.2, 0.25) is 0 Å². The SMILES string of the molecule is CC1(C)CCC(OS(=O)(=O)C(F)(F)F)c2ccccc21. The maximum atomic E-state index is 12.4. The molecule has 1 aliphatic carbocycles. The monoisotopic (exact) mass is 308 g/mol. The normalized spacial score (nSPS) is 22.4. The maximum absolute atomic E-state index is 12.4. The Morgan fingerprint density at radius 2 is 1.85 bits per heavy atom. The van der Waals surface area contributed by atoms with Crippen LogP contribution in [0.25, 0.3) is 0 Å². The molecule has 0 fully saturated rings. The first-order valence-corrected chi connectivity index (χ1v) is 7.54. The van der Waals surface area contributed by atoms with Crippen molar-refractivity contribution < 1.29 is 25.8 Å². The fourth-order valence-electron chi connectivity index (χ4n) is 2.48. The van der Waals surface area contributed by atoms with E-state index in [9.17, 15) is 21.6 Å². The summed E-state index contributed by atoms with van der Waals surface area (Å²) in [5, 5.41) is 0. The summed E-state index contributed by atoms with van der Waals surface area (Å²) in [6, 6.07) is 6.86. The van der Waals surface area contributed by atoms with E-state index in [-0.39, 0.29) is 11.8 Å². The van der Waals surface area contributed by atoms with Crippen molar-refractivity contribution in [2.45, 2.75) is 43.7 Å². The summed E-state index contributed by atoms with van der Waals surface area (Å²) in [5.74, 6) is 0. The number of hydrogen-bond acceptors (Lipinski definition) is 3. The van der Waals surface area contributed by atoms with E-state index in [4.69, 9.17) is 0 Å². The molecular weight excluding hydrogens is 293 g/mol. The molecular formula is C13H15F3O3S. The second-order valence-electron chi connectivity index (χ2n) is 5.49. The summed E-state index contributed by atoms with van der Waals surface area (Å²) in [5.41, 5.74) is -4.27. The van der Waals surface area contributed by atoms with Crippen molar-refractivity contribution in [2.75, 3.05) is 0 Å². The zero-order chi connectivity index (χ0) is 15.2. The lowest BCUT2D eigenvalue weighted by molar-refractivity contribution is -0.0583. The molecule has 1 unspecified atom stereocenters. The van der Waals surface area contributed by atoms with Gasteiger partial charge in [0.1, 0.15) is 6.10 Å². The lowest BCUT2D eigenvalue weighted by atomic mass is 9.72. The van der Waals surface area contributed by atoms with Crippen LogP contribution in [0.5, 0.6) is 0 Å². The Morgan fingerprint density at radius 1 is 1.25 bits per heavy atom.